The van der Waals surface area contributed by atoms with E-state index in [4.69, 9.17) is 10.5 Å². The molecule has 1 saturated heterocycles. The second-order valence-corrected chi connectivity index (χ2v) is 6.82. The lowest BCUT2D eigenvalue weighted by molar-refractivity contribution is 0.0374. The number of carbonyl (C=O) groups excluding carboxylic acids is 1. The normalized spacial score (nSPS) is 16.3. The average Bonchev–Trinajstić information content (AvgIpc) is 2.51. The Morgan fingerprint density at radius 3 is 2.74 bits per heavy atom. The summed E-state index contributed by atoms with van der Waals surface area (Å²) in [7, 11) is 0. The molecule has 7 heteroatoms. The van der Waals surface area contributed by atoms with E-state index >= 15 is 0 Å². The number of morpholine rings is 1. The first-order valence-corrected chi connectivity index (χ1v) is 8.09. The van der Waals surface area contributed by atoms with Gasteiger partial charge in [0.15, 0.2) is 0 Å². The van der Waals surface area contributed by atoms with Crippen LogP contribution in [0.15, 0.2) is 6.07 Å². The van der Waals surface area contributed by atoms with Gasteiger partial charge in [-0.2, -0.15) is 0 Å². The van der Waals surface area contributed by atoms with E-state index < -0.39 is 0 Å². The molecule has 0 bridgehead atoms. The number of rotatable bonds is 5. The fourth-order valence-corrected chi connectivity index (χ4v) is 2.36. The molecule has 0 unspecified atom stereocenters. The number of carbonyl (C=O) groups is 1. The largest absolute Gasteiger partial charge is 0.384 e. The van der Waals surface area contributed by atoms with Gasteiger partial charge in [0.25, 0.3) is 5.91 Å². The Morgan fingerprint density at radius 1 is 1.39 bits per heavy atom. The van der Waals surface area contributed by atoms with Gasteiger partial charge >= 0.3 is 0 Å². The summed E-state index contributed by atoms with van der Waals surface area (Å²) in [6.07, 6.45) is 0.889. The van der Waals surface area contributed by atoms with E-state index in [-0.39, 0.29) is 20.0 Å². The lowest BCUT2D eigenvalue weighted by atomic mass is 9.92. The zero-order chi connectivity index (χ0) is 16.9. The van der Waals surface area contributed by atoms with Gasteiger partial charge in [-0.15, -0.1) is 0 Å². The van der Waals surface area contributed by atoms with E-state index in [1.54, 1.807) is 6.07 Å². The summed E-state index contributed by atoms with van der Waals surface area (Å²) in [6.45, 7) is 11.1. The predicted octanol–water partition coefficient (Wildman–Crippen LogP) is 1.30. The van der Waals surface area contributed by atoms with Crippen LogP contribution in [0.5, 0.6) is 0 Å². The van der Waals surface area contributed by atoms with Crippen molar-refractivity contribution in [1.29, 1.82) is 0 Å². The molecule has 0 aromatic carbocycles. The Morgan fingerprint density at radius 2 is 2.09 bits per heavy atom. The molecule has 1 aliphatic rings. The van der Waals surface area contributed by atoms with E-state index in [9.17, 15) is 4.79 Å². The highest BCUT2D eigenvalue weighted by Gasteiger charge is 2.20. The van der Waals surface area contributed by atoms with Gasteiger partial charge in [-0.1, -0.05) is 20.8 Å². The van der Waals surface area contributed by atoms with Crippen molar-refractivity contribution in [2.75, 3.05) is 45.1 Å². The van der Waals surface area contributed by atoms with Crippen LogP contribution in [-0.4, -0.2) is 60.2 Å². The molecule has 1 aromatic rings. The van der Waals surface area contributed by atoms with Crippen LogP contribution in [0.25, 0.3) is 0 Å². The summed E-state index contributed by atoms with van der Waals surface area (Å²) in [5.74, 6) is 0.189. The highest BCUT2D eigenvalue weighted by molar-refractivity contribution is 5.90. The molecule has 0 radical (unpaired) electrons. The van der Waals surface area contributed by atoms with Gasteiger partial charge in [0.05, 0.1) is 18.9 Å². The number of nitrogen functional groups attached to an aromatic ring is 1. The standard InChI is InChI=1S/C16H27N5O2.2H2/c1-16(2,3)12-11-13(17)20-14(19-12)15(22)18-5-4-6-21-7-9-23-10-8-21;;/h11H,4-10H2,1-3H3,(H,18,22)(H2,17,19,20);2*1H. The van der Waals surface area contributed by atoms with Crippen LogP contribution in [0.4, 0.5) is 5.82 Å². The topological polar surface area (TPSA) is 93.4 Å². The molecule has 23 heavy (non-hydrogen) atoms. The number of anilines is 1. The fourth-order valence-electron chi connectivity index (χ4n) is 2.36. The molecular formula is C16H31N5O2. The molecule has 1 aromatic heterocycles. The fraction of sp³-hybridized carbons (Fsp3) is 0.688. The van der Waals surface area contributed by atoms with Gasteiger partial charge in [0.2, 0.25) is 5.82 Å². The predicted molar refractivity (Wildman–Crippen MR) is 93.6 cm³/mol. The van der Waals surface area contributed by atoms with Gasteiger partial charge in [-0.05, 0) is 13.0 Å². The number of hydrogen-bond acceptors (Lipinski definition) is 6. The Kier molecular flexibility index (Phi) is 5.90. The second kappa shape index (κ2) is 7.70. The van der Waals surface area contributed by atoms with Crippen molar-refractivity contribution >= 4 is 11.7 Å². The van der Waals surface area contributed by atoms with Crippen LogP contribution in [0.3, 0.4) is 0 Å². The molecule has 0 atom stereocenters. The molecule has 2 heterocycles. The highest BCUT2D eigenvalue weighted by Crippen LogP contribution is 2.21. The minimum absolute atomic E-state index is 0. The zero-order valence-electron chi connectivity index (χ0n) is 14.3. The Hall–Kier alpha value is -1.73. The van der Waals surface area contributed by atoms with Gasteiger partial charge in [-0.3, -0.25) is 9.69 Å². The molecule has 0 spiro atoms. The molecule has 1 fully saturated rings. The van der Waals surface area contributed by atoms with E-state index in [0.717, 1.165) is 45.0 Å². The monoisotopic (exact) mass is 325 g/mol. The summed E-state index contributed by atoms with van der Waals surface area (Å²) in [5.41, 5.74) is 6.39. The number of nitrogens with one attached hydrogen (secondary N) is 1. The number of hydrogen-bond donors (Lipinski definition) is 2. The third-order valence-electron chi connectivity index (χ3n) is 3.76. The van der Waals surface area contributed by atoms with Crippen LogP contribution in [0.1, 0.15) is 46.4 Å². The number of nitrogens with two attached hydrogens (primary N) is 1. The number of amides is 1. The summed E-state index contributed by atoms with van der Waals surface area (Å²) in [6, 6.07) is 1.72. The molecule has 2 rings (SSSR count). The number of aromatic nitrogens is 2. The first-order chi connectivity index (χ1) is 10.9. The minimum Gasteiger partial charge on any atom is -0.384 e. The van der Waals surface area contributed by atoms with E-state index in [1.165, 1.54) is 0 Å². The third kappa shape index (κ3) is 5.44. The van der Waals surface area contributed by atoms with E-state index in [2.05, 4.69) is 20.2 Å². The van der Waals surface area contributed by atoms with Crippen molar-refractivity contribution in [2.45, 2.75) is 32.6 Å². The molecule has 132 valence electrons. The van der Waals surface area contributed by atoms with Crippen molar-refractivity contribution in [1.82, 2.24) is 20.2 Å². The molecule has 3 N–H and O–H groups in total. The van der Waals surface area contributed by atoms with Crippen molar-refractivity contribution in [2.24, 2.45) is 0 Å². The van der Waals surface area contributed by atoms with Gasteiger partial charge in [0, 0.05) is 34.0 Å². The Bertz CT molecular complexity index is 546. The first-order valence-electron chi connectivity index (χ1n) is 8.09. The maximum atomic E-state index is 12.2. The van der Waals surface area contributed by atoms with Gasteiger partial charge in [0.1, 0.15) is 5.82 Å². The molecule has 1 amide bonds. The van der Waals surface area contributed by atoms with Crippen molar-refractivity contribution in [3.05, 3.63) is 17.6 Å². The van der Waals surface area contributed by atoms with E-state index in [0.29, 0.717) is 12.4 Å². The maximum Gasteiger partial charge on any atom is 0.289 e. The lowest BCUT2D eigenvalue weighted by Gasteiger charge is -2.26. The summed E-state index contributed by atoms with van der Waals surface area (Å²) >= 11 is 0. The van der Waals surface area contributed by atoms with Crippen molar-refractivity contribution in [3.8, 4) is 0 Å². The van der Waals surface area contributed by atoms with Crippen LogP contribution in [0.2, 0.25) is 0 Å². The molecule has 1 aliphatic heterocycles. The maximum absolute atomic E-state index is 12.2. The van der Waals surface area contributed by atoms with E-state index in [1.807, 2.05) is 20.8 Å². The lowest BCUT2D eigenvalue weighted by Crippen LogP contribution is -2.38. The van der Waals surface area contributed by atoms with Crippen LogP contribution >= 0.6 is 0 Å². The first kappa shape index (κ1) is 17.6. The molecule has 0 aliphatic carbocycles. The summed E-state index contributed by atoms with van der Waals surface area (Å²) < 4.78 is 5.31. The van der Waals surface area contributed by atoms with Crippen molar-refractivity contribution in [3.63, 3.8) is 0 Å². The molecule has 0 saturated carbocycles. The van der Waals surface area contributed by atoms with Gasteiger partial charge in [-0.25, -0.2) is 9.97 Å². The second-order valence-electron chi connectivity index (χ2n) is 6.82. The summed E-state index contributed by atoms with van der Waals surface area (Å²) in [5, 5.41) is 2.87. The SMILES string of the molecule is CC(C)(C)c1cc(N)nc(C(=O)NCCCN2CCOCC2)n1.[HH].[HH]. The molecular weight excluding hydrogens is 294 g/mol. The summed E-state index contributed by atoms with van der Waals surface area (Å²) in [4.78, 5) is 22.9. The Labute approximate surface area is 140 Å². The minimum atomic E-state index is -0.273. The number of ether oxygens (including phenoxy) is 1. The Balaban J connectivity index is 0.00000288. The number of nitrogens with zero attached hydrogens (tertiary/aromatic N) is 3. The van der Waals surface area contributed by atoms with Crippen LogP contribution < -0.4 is 11.1 Å². The van der Waals surface area contributed by atoms with Crippen molar-refractivity contribution < 1.29 is 12.4 Å². The molecule has 7 nitrogen and oxygen atoms in total. The quantitative estimate of drug-likeness (QED) is 0.793. The third-order valence-corrected chi connectivity index (χ3v) is 3.76. The highest BCUT2D eigenvalue weighted by atomic mass is 16.5. The van der Waals surface area contributed by atoms with Crippen LogP contribution in [-0.2, 0) is 10.2 Å². The average molecular weight is 325 g/mol. The zero-order valence-corrected chi connectivity index (χ0v) is 14.3. The van der Waals surface area contributed by atoms with Crippen LogP contribution in [0, 0.1) is 0 Å². The smallest absolute Gasteiger partial charge is 0.289 e. The van der Waals surface area contributed by atoms with Gasteiger partial charge < -0.3 is 15.8 Å².